The number of benzene rings is 1. The Bertz CT molecular complexity index is 441. The fraction of sp³-hybridized carbons (Fsp3) is 0.647. The molecule has 1 atom stereocenters. The molecule has 0 spiro atoms. The average molecular weight is 275 g/mol. The number of nitrogens with one attached hydrogen (secondary N) is 1. The largest absolute Gasteiger partial charge is 0.454 e. The minimum atomic E-state index is 0.349. The molecule has 0 amide bonds. The summed E-state index contributed by atoms with van der Waals surface area (Å²) in [6.07, 6.45) is 8.49. The Morgan fingerprint density at radius 1 is 1.20 bits per heavy atom. The number of ether oxygens (including phenoxy) is 2. The molecular weight excluding hydrogens is 250 g/mol. The zero-order valence-corrected chi connectivity index (χ0v) is 12.4. The number of rotatable bonds is 6. The summed E-state index contributed by atoms with van der Waals surface area (Å²) in [5.41, 5.74) is 1.27. The van der Waals surface area contributed by atoms with E-state index in [1.807, 2.05) is 6.07 Å². The summed E-state index contributed by atoms with van der Waals surface area (Å²) in [4.78, 5) is 0. The molecule has 20 heavy (non-hydrogen) atoms. The zero-order chi connectivity index (χ0) is 13.8. The van der Waals surface area contributed by atoms with Gasteiger partial charge in [0.25, 0.3) is 0 Å². The normalized spacial score (nSPS) is 19.4. The molecule has 1 heterocycles. The maximum absolute atomic E-state index is 5.43. The maximum atomic E-state index is 5.43. The SMILES string of the molecule is CC(NCCCC1CCCC1)c1ccc2c(c1)OCO2. The molecule has 1 aliphatic heterocycles. The van der Waals surface area contributed by atoms with E-state index in [1.165, 1.54) is 44.1 Å². The molecule has 0 aromatic heterocycles. The van der Waals surface area contributed by atoms with Crippen molar-refractivity contribution in [3.8, 4) is 11.5 Å². The molecule has 1 saturated carbocycles. The van der Waals surface area contributed by atoms with Gasteiger partial charge in [-0.25, -0.2) is 0 Å². The lowest BCUT2D eigenvalue weighted by Crippen LogP contribution is -2.20. The predicted molar refractivity (Wildman–Crippen MR) is 80.2 cm³/mol. The van der Waals surface area contributed by atoms with E-state index < -0.39 is 0 Å². The summed E-state index contributed by atoms with van der Waals surface area (Å²) in [5.74, 6) is 2.74. The molecule has 3 rings (SSSR count). The van der Waals surface area contributed by atoms with Crippen LogP contribution < -0.4 is 14.8 Å². The fourth-order valence-electron chi connectivity index (χ4n) is 3.31. The molecule has 0 saturated heterocycles. The third kappa shape index (κ3) is 3.26. The lowest BCUT2D eigenvalue weighted by atomic mass is 10.0. The van der Waals surface area contributed by atoms with Crippen LogP contribution in [0.15, 0.2) is 18.2 Å². The van der Waals surface area contributed by atoms with E-state index in [0.717, 1.165) is 24.0 Å². The van der Waals surface area contributed by atoms with E-state index in [0.29, 0.717) is 12.8 Å². The minimum absolute atomic E-state index is 0.349. The fourth-order valence-corrected chi connectivity index (χ4v) is 3.31. The molecule has 0 radical (unpaired) electrons. The molecule has 1 fully saturated rings. The molecule has 1 aliphatic carbocycles. The van der Waals surface area contributed by atoms with Crippen LogP contribution in [0.5, 0.6) is 11.5 Å². The van der Waals surface area contributed by atoms with Crippen LogP contribution in [-0.2, 0) is 0 Å². The highest BCUT2D eigenvalue weighted by molar-refractivity contribution is 5.45. The van der Waals surface area contributed by atoms with Gasteiger partial charge in [-0.05, 0) is 49.9 Å². The van der Waals surface area contributed by atoms with Crippen molar-refractivity contribution >= 4 is 0 Å². The van der Waals surface area contributed by atoms with E-state index >= 15 is 0 Å². The van der Waals surface area contributed by atoms with E-state index in [1.54, 1.807) is 0 Å². The van der Waals surface area contributed by atoms with Crippen molar-refractivity contribution in [1.29, 1.82) is 0 Å². The van der Waals surface area contributed by atoms with Crippen LogP contribution in [0.3, 0.4) is 0 Å². The first-order valence-electron chi connectivity index (χ1n) is 7.96. The summed E-state index contributed by atoms with van der Waals surface area (Å²) < 4.78 is 10.8. The molecule has 1 N–H and O–H groups in total. The van der Waals surface area contributed by atoms with Crippen LogP contribution in [0.1, 0.15) is 57.1 Å². The van der Waals surface area contributed by atoms with Gasteiger partial charge in [-0.1, -0.05) is 31.7 Å². The Labute approximate surface area is 121 Å². The molecule has 3 nitrogen and oxygen atoms in total. The van der Waals surface area contributed by atoms with Crippen LogP contribution in [0.2, 0.25) is 0 Å². The topological polar surface area (TPSA) is 30.5 Å². The van der Waals surface area contributed by atoms with Crippen molar-refractivity contribution in [2.45, 2.75) is 51.5 Å². The third-order valence-electron chi connectivity index (χ3n) is 4.61. The number of hydrogen-bond acceptors (Lipinski definition) is 3. The van der Waals surface area contributed by atoms with E-state index in [2.05, 4.69) is 24.4 Å². The van der Waals surface area contributed by atoms with Gasteiger partial charge in [0.1, 0.15) is 0 Å². The smallest absolute Gasteiger partial charge is 0.231 e. The molecular formula is C17H25NO2. The van der Waals surface area contributed by atoms with Crippen LogP contribution in [0.4, 0.5) is 0 Å². The lowest BCUT2D eigenvalue weighted by molar-refractivity contribution is 0.174. The molecule has 0 bridgehead atoms. The first kappa shape index (κ1) is 13.7. The second kappa shape index (κ2) is 6.49. The van der Waals surface area contributed by atoms with Crippen molar-refractivity contribution in [1.82, 2.24) is 5.32 Å². The minimum Gasteiger partial charge on any atom is -0.454 e. The van der Waals surface area contributed by atoms with Crippen molar-refractivity contribution in [2.75, 3.05) is 13.3 Å². The second-order valence-corrected chi connectivity index (χ2v) is 6.08. The molecule has 110 valence electrons. The summed E-state index contributed by atoms with van der Waals surface area (Å²) in [5, 5.41) is 3.62. The molecule has 2 aliphatic rings. The first-order chi connectivity index (χ1) is 9.83. The number of fused-ring (bicyclic) bond motifs is 1. The quantitative estimate of drug-likeness (QED) is 0.795. The van der Waals surface area contributed by atoms with Gasteiger partial charge < -0.3 is 14.8 Å². The van der Waals surface area contributed by atoms with Crippen molar-refractivity contribution < 1.29 is 9.47 Å². The highest BCUT2D eigenvalue weighted by Gasteiger charge is 2.16. The highest BCUT2D eigenvalue weighted by Crippen LogP contribution is 2.34. The Morgan fingerprint density at radius 3 is 2.85 bits per heavy atom. The van der Waals surface area contributed by atoms with E-state index in [9.17, 15) is 0 Å². The standard InChI is InChI=1S/C17H25NO2/c1-13(18-10-4-7-14-5-2-3-6-14)15-8-9-16-17(11-15)20-12-19-16/h8-9,11,13-14,18H,2-7,10,12H2,1H3. The third-order valence-corrected chi connectivity index (χ3v) is 4.61. The zero-order valence-electron chi connectivity index (χ0n) is 12.4. The van der Waals surface area contributed by atoms with Gasteiger partial charge in [0, 0.05) is 6.04 Å². The summed E-state index contributed by atoms with van der Waals surface area (Å²) in [6.45, 7) is 3.67. The Balaban J connectivity index is 1.43. The van der Waals surface area contributed by atoms with Crippen LogP contribution in [0, 0.1) is 5.92 Å². The lowest BCUT2D eigenvalue weighted by Gasteiger charge is -2.15. The average Bonchev–Trinajstić information content (AvgIpc) is 3.13. The Kier molecular flexibility index (Phi) is 4.46. The summed E-state index contributed by atoms with van der Waals surface area (Å²) >= 11 is 0. The van der Waals surface area contributed by atoms with Gasteiger partial charge in [0.15, 0.2) is 11.5 Å². The van der Waals surface area contributed by atoms with E-state index in [-0.39, 0.29) is 0 Å². The predicted octanol–water partition coefficient (Wildman–Crippen LogP) is 4.04. The molecule has 1 unspecified atom stereocenters. The van der Waals surface area contributed by atoms with Crippen LogP contribution in [0.25, 0.3) is 0 Å². The van der Waals surface area contributed by atoms with Gasteiger partial charge >= 0.3 is 0 Å². The monoisotopic (exact) mass is 275 g/mol. The van der Waals surface area contributed by atoms with Crippen LogP contribution >= 0.6 is 0 Å². The van der Waals surface area contributed by atoms with Crippen LogP contribution in [-0.4, -0.2) is 13.3 Å². The Hall–Kier alpha value is -1.22. The van der Waals surface area contributed by atoms with Crippen molar-refractivity contribution in [3.05, 3.63) is 23.8 Å². The first-order valence-corrected chi connectivity index (χ1v) is 7.96. The van der Waals surface area contributed by atoms with Gasteiger partial charge in [-0.3, -0.25) is 0 Å². The van der Waals surface area contributed by atoms with E-state index in [4.69, 9.17) is 9.47 Å². The maximum Gasteiger partial charge on any atom is 0.231 e. The highest BCUT2D eigenvalue weighted by atomic mass is 16.7. The van der Waals surface area contributed by atoms with Crippen molar-refractivity contribution in [3.63, 3.8) is 0 Å². The second-order valence-electron chi connectivity index (χ2n) is 6.08. The Morgan fingerprint density at radius 2 is 2.00 bits per heavy atom. The molecule has 3 heteroatoms. The summed E-state index contributed by atoms with van der Waals surface area (Å²) in [7, 11) is 0. The number of hydrogen-bond donors (Lipinski definition) is 1. The van der Waals surface area contributed by atoms with Gasteiger partial charge in [-0.2, -0.15) is 0 Å². The van der Waals surface area contributed by atoms with Gasteiger partial charge in [0.2, 0.25) is 6.79 Å². The van der Waals surface area contributed by atoms with Crippen molar-refractivity contribution in [2.24, 2.45) is 5.92 Å². The molecule has 1 aromatic carbocycles. The molecule has 1 aromatic rings. The van der Waals surface area contributed by atoms with Gasteiger partial charge in [0.05, 0.1) is 0 Å². The summed E-state index contributed by atoms with van der Waals surface area (Å²) in [6, 6.07) is 6.60. The van der Waals surface area contributed by atoms with Gasteiger partial charge in [-0.15, -0.1) is 0 Å².